The highest BCUT2D eigenvalue weighted by atomic mass is 15.1. The molecule has 0 aliphatic rings. The zero-order chi connectivity index (χ0) is 14.8. The second kappa shape index (κ2) is 5.38. The maximum atomic E-state index is 8.88. The van der Waals surface area contributed by atoms with Crippen LogP contribution in [0, 0.1) is 11.3 Å². The molecule has 0 amide bonds. The van der Waals surface area contributed by atoms with Crippen LogP contribution in [0.25, 0.3) is 0 Å². The van der Waals surface area contributed by atoms with Gasteiger partial charge in [-0.3, -0.25) is 0 Å². The number of hydrogen-bond acceptors (Lipinski definition) is 2. The van der Waals surface area contributed by atoms with Gasteiger partial charge in [0.1, 0.15) is 0 Å². The molecule has 20 heavy (non-hydrogen) atoms. The van der Waals surface area contributed by atoms with Crippen molar-refractivity contribution in [1.82, 2.24) is 0 Å². The lowest BCUT2D eigenvalue weighted by molar-refractivity contribution is 0.641. The first-order valence-corrected chi connectivity index (χ1v) is 6.73. The predicted octanol–water partition coefficient (Wildman–Crippen LogP) is 3.95. The van der Waals surface area contributed by atoms with Crippen molar-refractivity contribution in [3.8, 4) is 6.07 Å². The van der Waals surface area contributed by atoms with Crippen LogP contribution in [0.1, 0.15) is 30.5 Å². The summed E-state index contributed by atoms with van der Waals surface area (Å²) in [6.07, 6.45) is 0. The summed E-state index contributed by atoms with van der Waals surface area (Å²) in [6.45, 7) is 4.41. The Morgan fingerprint density at radius 1 is 0.850 bits per heavy atom. The van der Waals surface area contributed by atoms with Gasteiger partial charge in [0.2, 0.25) is 0 Å². The Balaban J connectivity index is 2.35. The van der Waals surface area contributed by atoms with Crippen molar-refractivity contribution >= 4 is 5.69 Å². The number of nitrogens with zero attached hydrogens (tertiary/aromatic N) is 2. The largest absolute Gasteiger partial charge is 0.378 e. The number of nitriles is 1. The molecule has 0 unspecified atom stereocenters. The van der Waals surface area contributed by atoms with Crippen LogP contribution in [0.2, 0.25) is 0 Å². The zero-order valence-corrected chi connectivity index (χ0v) is 12.5. The molecular formula is C18H20N2. The van der Waals surface area contributed by atoms with E-state index in [2.05, 4.69) is 49.1 Å². The standard InChI is InChI=1S/C18H20N2/c1-18(2,15-7-5-14(13-19)6-8-15)16-9-11-17(12-10-16)20(3)4/h5-12H,1-4H3. The fourth-order valence-corrected chi connectivity index (χ4v) is 2.30. The monoisotopic (exact) mass is 264 g/mol. The van der Waals surface area contributed by atoms with Crippen LogP contribution in [-0.2, 0) is 5.41 Å². The second-order valence-electron chi connectivity index (χ2n) is 5.76. The van der Waals surface area contributed by atoms with Gasteiger partial charge in [-0.05, 0) is 35.4 Å². The zero-order valence-electron chi connectivity index (χ0n) is 12.5. The van der Waals surface area contributed by atoms with Crippen molar-refractivity contribution in [3.63, 3.8) is 0 Å². The number of benzene rings is 2. The molecule has 0 saturated heterocycles. The molecule has 0 N–H and O–H groups in total. The number of hydrogen-bond donors (Lipinski definition) is 0. The average Bonchev–Trinajstić information content (AvgIpc) is 2.47. The first-order valence-electron chi connectivity index (χ1n) is 6.73. The van der Waals surface area contributed by atoms with Crippen LogP contribution in [0.4, 0.5) is 5.69 Å². The summed E-state index contributed by atoms with van der Waals surface area (Å²) < 4.78 is 0. The third kappa shape index (κ3) is 2.67. The van der Waals surface area contributed by atoms with Gasteiger partial charge >= 0.3 is 0 Å². The normalized spacial score (nSPS) is 10.9. The molecule has 0 aromatic heterocycles. The van der Waals surface area contributed by atoms with Gasteiger partial charge < -0.3 is 4.90 Å². The summed E-state index contributed by atoms with van der Waals surface area (Å²) in [5.74, 6) is 0. The van der Waals surface area contributed by atoms with Crippen LogP contribution in [0.3, 0.4) is 0 Å². The first kappa shape index (κ1) is 14.1. The molecule has 0 spiro atoms. The predicted molar refractivity (Wildman–Crippen MR) is 84.1 cm³/mol. The van der Waals surface area contributed by atoms with Gasteiger partial charge in [-0.25, -0.2) is 0 Å². The van der Waals surface area contributed by atoms with Gasteiger partial charge in [0, 0.05) is 25.2 Å². The van der Waals surface area contributed by atoms with Crippen molar-refractivity contribution in [2.45, 2.75) is 19.3 Å². The van der Waals surface area contributed by atoms with Crippen molar-refractivity contribution in [2.75, 3.05) is 19.0 Å². The van der Waals surface area contributed by atoms with Crippen molar-refractivity contribution in [3.05, 3.63) is 65.2 Å². The van der Waals surface area contributed by atoms with E-state index in [9.17, 15) is 0 Å². The molecule has 2 aromatic carbocycles. The van der Waals surface area contributed by atoms with Crippen LogP contribution in [0.5, 0.6) is 0 Å². The molecule has 0 saturated carbocycles. The molecule has 0 aliphatic heterocycles. The van der Waals surface area contributed by atoms with E-state index in [1.54, 1.807) is 0 Å². The van der Waals surface area contributed by atoms with E-state index in [0.717, 1.165) is 0 Å². The fraction of sp³-hybridized carbons (Fsp3) is 0.278. The maximum Gasteiger partial charge on any atom is 0.0991 e. The van der Waals surface area contributed by atoms with Gasteiger partial charge in [0.15, 0.2) is 0 Å². The third-order valence-electron chi connectivity index (χ3n) is 3.84. The second-order valence-corrected chi connectivity index (χ2v) is 5.76. The molecule has 0 radical (unpaired) electrons. The van der Waals surface area contributed by atoms with Gasteiger partial charge in [0.25, 0.3) is 0 Å². The van der Waals surface area contributed by atoms with E-state index in [1.165, 1.54) is 16.8 Å². The molecule has 0 bridgehead atoms. The quantitative estimate of drug-likeness (QED) is 0.839. The van der Waals surface area contributed by atoms with E-state index in [-0.39, 0.29) is 5.41 Å². The fourth-order valence-electron chi connectivity index (χ4n) is 2.30. The first-order chi connectivity index (χ1) is 9.45. The molecule has 2 rings (SSSR count). The maximum absolute atomic E-state index is 8.88. The van der Waals surface area contributed by atoms with Gasteiger partial charge in [-0.15, -0.1) is 0 Å². The highest BCUT2D eigenvalue weighted by Gasteiger charge is 2.22. The Kier molecular flexibility index (Phi) is 3.81. The minimum absolute atomic E-state index is 0.0706. The summed E-state index contributed by atoms with van der Waals surface area (Å²) in [4.78, 5) is 2.10. The molecule has 0 heterocycles. The summed E-state index contributed by atoms with van der Waals surface area (Å²) in [7, 11) is 4.08. The average molecular weight is 264 g/mol. The molecule has 2 nitrogen and oxygen atoms in total. The number of anilines is 1. The van der Waals surface area contributed by atoms with Crippen molar-refractivity contribution in [1.29, 1.82) is 5.26 Å². The Hall–Kier alpha value is -2.27. The summed E-state index contributed by atoms with van der Waals surface area (Å²) in [5.41, 5.74) is 4.32. The van der Waals surface area contributed by atoms with Crippen LogP contribution in [0.15, 0.2) is 48.5 Å². The molecule has 2 aromatic rings. The summed E-state index contributed by atoms with van der Waals surface area (Å²) in [5, 5.41) is 8.88. The molecule has 0 fully saturated rings. The SMILES string of the molecule is CN(C)c1ccc(C(C)(C)c2ccc(C#N)cc2)cc1. The van der Waals surface area contributed by atoms with E-state index >= 15 is 0 Å². The van der Waals surface area contributed by atoms with E-state index < -0.39 is 0 Å². The highest BCUT2D eigenvalue weighted by molar-refractivity contribution is 5.49. The Bertz CT molecular complexity index is 614. The minimum Gasteiger partial charge on any atom is -0.378 e. The van der Waals surface area contributed by atoms with Gasteiger partial charge in [-0.1, -0.05) is 38.1 Å². The third-order valence-corrected chi connectivity index (χ3v) is 3.84. The lowest BCUT2D eigenvalue weighted by Crippen LogP contribution is -2.19. The van der Waals surface area contributed by atoms with E-state index in [4.69, 9.17) is 5.26 Å². The topological polar surface area (TPSA) is 27.0 Å². The molecule has 0 aliphatic carbocycles. The molecular weight excluding hydrogens is 244 g/mol. The van der Waals surface area contributed by atoms with Crippen LogP contribution in [-0.4, -0.2) is 14.1 Å². The number of rotatable bonds is 3. The lowest BCUT2D eigenvalue weighted by Gasteiger charge is -2.27. The van der Waals surface area contributed by atoms with Crippen LogP contribution < -0.4 is 4.90 Å². The Labute approximate surface area is 121 Å². The van der Waals surface area contributed by atoms with Crippen molar-refractivity contribution in [2.24, 2.45) is 0 Å². The van der Waals surface area contributed by atoms with E-state index in [0.29, 0.717) is 5.56 Å². The minimum atomic E-state index is -0.0706. The molecule has 0 atom stereocenters. The Morgan fingerprint density at radius 2 is 1.30 bits per heavy atom. The molecule has 2 heteroatoms. The molecule has 102 valence electrons. The van der Waals surface area contributed by atoms with Gasteiger partial charge in [-0.2, -0.15) is 5.26 Å². The smallest absolute Gasteiger partial charge is 0.0991 e. The highest BCUT2D eigenvalue weighted by Crippen LogP contribution is 2.32. The lowest BCUT2D eigenvalue weighted by atomic mass is 9.78. The summed E-state index contributed by atoms with van der Waals surface area (Å²) >= 11 is 0. The summed E-state index contributed by atoms with van der Waals surface area (Å²) in [6, 6.07) is 18.6. The van der Waals surface area contributed by atoms with Crippen molar-refractivity contribution < 1.29 is 0 Å². The Morgan fingerprint density at radius 3 is 1.70 bits per heavy atom. The van der Waals surface area contributed by atoms with Gasteiger partial charge in [0.05, 0.1) is 11.6 Å². The van der Waals surface area contributed by atoms with E-state index in [1.807, 2.05) is 38.4 Å². The van der Waals surface area contributed by atoms with Crippen LogP contribution >= 0.6 is 0 Å².